The lowest BCUT2D eigenvalue weighted by Crippen LogP contribution is -2.57. The zero-order valence-corrected chi connectivity index (χ0v) is 9.31. The molecule has 0 bridgehead atoms. The van der Waals surface area contributed by atoms with E-state index in [2.05, 4.69) is 0 Å². The highest BCUT2D eigenvalue weighted by Crippen LogP contribution is 2.23. The second kappa shape index (κ2) is 3.87. The number of benzene rings is 1. The van der Waals surface area contributed by atoms with Crippen LogP contribution in [0.3, 0.4) is 0 Å². The molecule has 1 aromatic rings. The average Bonchev–Trinajstić information content (AvgIpc) is 2.24. The molecule has 0 unspecified atom stereocenters. The number of hydrogen-bond acceptors (Lipinski definition) is 4. The average molecular weight is 237 g/mol. The summed E-state index contributed by atoms with van der Waals surface area (Å²) in [6.45, 7) is 0.643. The van der Waals surface area contributed by atoms with E-state index in [0.29, 0.717) is 13.1 Å². The van der Waals surface area contributed by atoms with Crippen molar-refractivity contribution in [3.8, 4) is 6.07 Å². The van der Waals surface area contributed by atoms with Crippen molar-refractivity contribution in [2.45, 2.75) is 10.9 Å². The van der Waals surface area contributed by atoms with Gasteiger partial charge in [0.05, 0.1) is 10.5 Å². The molecule has 1 aromatic carbocycles. The van der Waals surface area contributed by atoms with E-state index < -0.39 is 10.0 Å². The predicted octanol–water partition coefficient (Wildman–Crippen LogP) is -0.110. The van der Waals surface area contributed by atoms with Crippen LogP contribution in [0.4, 0.5) is 0 Å². The molecule has 0 aromatic heterocycles. The van der Waals surface area contributed by atoms with Gasteiger partial charge in [0.1, 0.15) is 6.07 Å². The zero-order chi connectivity index (χ0) is 11.8. The Bertz CT molecular complexity index is 541. The number of nitriles is 1. The molecule has 1 aliphatic heterocycles. The molecule has 0 aliphatic carbocycles. The molecule has 6 heteroatoms. The van der Waals surface area contributed by atoms with Gasteiger partial charge in [-0.05, 0) is 12.1 Å². The summed E-state index contributed by atoms with van der Waals surface area (Å²) < 4.78 is 25.4. The van der Waals surface area contributed by atoms with Crippen LogP contribution in [-0.4, -0.2) is 31.9 Å². The summed E-state index contributed by atoms with van der Waals surface area (Å²) in [5.41, 5.74) is 5.71. The molecule has 1 saturated heterocycles. The van der Waals surface area contributed by atoms with Crippen LogP contribution < -0.4 is 5.73 Å². The third-order valence-electron chi connectivity index (χ3n) is 2.50. The molecule has 84 valence electrons. The van der Waals surface area contributed by atoms with E-state index in [1.165, 1.54) is 16.4 Å². The summed E-state index contributed by atoms with van der Waals surface area (Å²) in [6, 6.07) is 7.96. The smallest absolute Gasteiger partial charge is 0.244 e. The minimum Gasteiger partial charge on any atom is -0.325 e. The fraction of sp³-hybridized carbons (Fsp3) is 0.300. The van der Waals surface area contributed by atoms with Gasteiger partial charge in [0, 0.05) is 19.1 Å². The number of sulfonamides is 1. The van der Waals surface area contributed by atoms with E-state index in [0.717, 1.165) is 0 Å². The lowest BCUT2D eigenvalue weighted by Gasteiger charge is -2.35. The first-order valence-corrected chi connectivity index (χ1v) is 6.24. The van der Waals surface area contributed by atoms with Crippen LogP contribution in [0.2, 0.25) is 0 Å². The van der Waals surface area contributed by atoms with Gasteiger partial charge in [-0.1, -0.05) is 12.1 Å². The standard InChI is InChI=1S/C10H11N3O2S/c11-5-8-3-1-2-4-10(8)16(14,15)13-6-9(12)7-13/h1-4,9H,6-7,12H2. The largest absolute Gasteiger partial charge is 0.325 e. The minimum atomic E-state index is -3.55. The van der Waals surface area contributed by atoms with Crippen molar-refractivity contribution in [1.82, 2.24) is 4.31 Å². The van der Waals surface area contributed by atoms with E-state index >= 15 is 0 Å². The highest BCUT2D eigenvalue weighted by atomic mass is 32.2. The monoisotopic (exact) mass is 237 g/mol. The van der Waals surface area contributed by atoms with Gasteiger partial charge in [-0.15, -0.1) is 0 Å². The van der Waals surface area contributed by atoms with Gasteiger partial charge in [-0.25, -0.2) is 8.42 Å². The maximum atomic E-state index is 12.1. The highest BCUT2D eigenvalue weighted by molar-refractivity contribution is 7.89. The highest BCUT2D eigenvalue weighted by Gasteiger charge is 2.35. The first kappa shape index (κ1) is 11.1. The number of nitrogens with two attached hydrogens (primary N) is 1. The molecule has 1 heterocycles. The van der Waals surface area contributed by atoms with Gasteiger partial charge in [-0.3, -0.25) is 0 Å². The number of hydrogen-bond donors (Lipinski definition) is 1. The third-order valence-corrected chi connectivity index (χ3v) is 4.39. The Morgan fingerprint density at radius 2 is 2.00 bits per heavy atom. The molecular formula is C10H11N3O2S. The van der Waals surface area contributed by atoms with Gasteiger partial charge in [0.2, 0.25) is 10.0 Å². The molecule has 0 saturated carbocycles. The Morgan fingerprint density at radius 3 is 2.56 bits per heavy atom. The predicted molar refractivity (Wildman–Crippen MR) is 57.9 cm³/mol. The number of nitrogens with zero attached hydrogens (tertiary/aromatic N) is 2. The van der Waals surface area contributed by atoms with Crippen LogP contribution in [0.1, 0.15) is 5.56 Å². The molecule has 2 N–H and O–H groups in total. The molecule has 0 radical (unpaired) electrons. The Labute approximate surface area is 94.1 Å². The van der Waals surface area contributed by atoms with Crippen molar-refractivity contribution in [2.24, 2.45) is 5.73 Å². The molecule has 0 amide bonds. The SMILES string of the molecule is N#Cc1ccccc1S(=O)(=O)N1CC(N)C1. The Morgan fingerprint density at radius 1 is 1.38 bits per heavy atom. The molecule has 1 aliphatic rings. The second-order valence-electron chi connectivity index (χ2n) is 3.69. The summed E-state index contributed by atoms with van der Waals surface area (Å²) in [5, 5.41) is 8.85. The van der Waals surface area contributed by atoms with E-state index in [9.17, 15) is 8.42 Å². The second-order valence-corrected chi connectivity index (χ2v) is 5.60. The summed E-state index contributed by atoms with van der Waals surface area (Å²) in [4.78, 5) is 0.0596. The van der Waals surface area contributed by atoms with Gasteiger partial charge in [-0.2, -0.15) is 9.57 Å². The third kappa shape index (κ3) is 1.69. The summed E-state index contributed by atoms with van der Waals surface area (Å²) >= 11 is 0. The Kier molecular flexibility index (Phi) is 2.68. The van der Waals surface area contributed by atoms with Gasteiger partial charge < -0.3 is 5.73 Å². The first-order valence-electron chi connectivity index (χ1n) is 4.80. The molecule has 0 atom stereocenters. The molecule has 0 spiro atoms. The zero-order valence-electron chi connectivity index (χ0n) is 8.50. The van der Waals surface area contributed by atoms with Crippen LogP contribution in [0.15, 0.2) is 29.2 Å². The van der Waals surface area contributed by atoms with E-state index in [1.54, 1.807) is 12.1 Å². The molecule has 16 heavy (non-hydrogen) atoms. The van der Waals surface area contributed by atoms with E-state index in [-0.39, 0.29) is 16.5 Å². The van der Waals surface area contributed by atoms with Gasteiger partial charge in [0.25, 0.3) is 0 Å². The maximum absolute atomic E-state index is 12.1. The molecular weight excluding hydrogens is 226 g/mol. The van der Waals surface area contributed by atoms with Crippen LogP contribution in [-0.2, 0) is 10.0 Å². The van der Waals surface area contributed by atoms with Crippen molar-refractivity contribution < 1.29 is 8.42 Å². The van der Waals surface area contributed by atoms with Crippen LogP contribution >= 0.6 is 0 Å². The van der Waals surface area contributed by atoms with Gasteiger partial charge >= 0.3 is 0 Å². The summed E-state index contributed by atoms with van der Waals surface area (Å²) in [7, 11) is -3.55. The first-order chi connectivity index (χ1) is 7.55. The fourth-order valence-electron chi connectivity index (χ4n) is 1.59. The lowest BCUT2D eigenvalue weighted by molar-refractivity contribution is 0.265. The van der Waals surface area contributed by atoms with E-state index in [4.69, 9.17) is 11.0 Å². The lowest BCUT2D eigenvalue weighted by atomic mass is 10.2. The minimum absolute atomic E-state index is 0.0596. The number of rotatable bonds is 2. The van der Waals surface area contributed by atoms with Crippen molar-refractivity contribution in [3.05, 3.63) is 29.8 Å². The van der Waals surface area contributed by atoms with Crippen molar-refractivity contribution >= 4 is 10.0 Å². The maximum Gasteiger partial charge on any atom is 0.244 e. The fourth-order valence-corrected chi connectivity index (χ4v) is 3.28. The topological polar surface area (TPSA) is 87.2 Å². The van der Waals surface area contributed by atoms with E-state index in [1.807, 2.05) is 6.07 Å². The quantitative estimate of drug-likeness (QED) is 0.777. The Balaban J connectivity index is 2.41. The molecule has 5 nitrogen and oxygen atoms in total. The van der Waals surface area contributed by atoms with Crippen LogP contribution in [0, 0.1) is 11.3 Å². The van der Waals surface area contributed by atoms with Crippen molar-refractivity contribution in [1.29, 1.82) is 5.26 Å². The summed E-state index contributed by atoms with van der Waals surface area (Å²) in [5.74, 6) is 0. The van der Waals surface area contributed by atoms with Crippen molar-refractivity contribution in [3.63, 3.8) is 0 Å². The summed E-state index contributed by atoms with van der Waals surface area (Å²) in [6.07, 6.45) is 0. The molecule has 2 rings (SSSR count). The van der Waals surface area contributed by atoms with Crippen LogP contribution in [0.25, 0.3) is 0 Å². The van der Waals surface area contributed by atoms with Crippen molar-refractivity contribution in [2.75, 3.05) is 13.1 Å². The van der Waals surface area contributed by atoms with Gasteiger partial charge in [0.15, 0.2) is 0 Å². The molecule has 1 fully saturated rings. The van der Waals surface area contributed by atoms with Crippen LogP contribution in [0.5, 0.6) is 0 Å². The Hall–Kier alpha value is -1.42. The normalized spacial score (nSPS) is 17.8.